The van der Waals surface area contributed by atoms with E-state index in [1.54, 1.807) is 19.9 Å². The second-order valence-electron chi connectivity index (χ2n) is 4.08. The van der Waals surface area contributed by atoms with Crippen LogP contribution in [0.25, 0.3) is 0 Å². The monoisotopic (exact) mass is 257 g/mol. The second-order valence-corrected chi connectivity index (χ2v) is 6.75. The Hall–Kier alpha value is -1.07. The fourth-order valence-electron chi connectivity index (χ4n) is 1.32. The van der Waals surface area contributed by atoms with Crippen molar-refractivity contribution in [3.8, 4) is 5.75 Å². The van der Waals surface area contributed by atoms with Gasteiger partial charge in [0, 0.05) is 12.1 Å². The van der Waals surface area contributed by atoms with Gasteiger partial charge in [-0.2, -0.15) is 0 Å². The van der Waals surface area contributed by atoms with E-state index in [9.17, 15) is 8.42 Å². The minimum absolute atomic E-state index is 0.0313. The van der Waals surface area contributed by atoms with Crippen molar-refractivity contribution in [2.75, 3.05) is 12.4 Å². The molecule has 0 spiro atoms. The lowest BCUT2D eigenvalue weighted by Crippen LogP contribution is -2.22. The molecule has 0 radical (unpaired) electrons. The molecule has 0 fully saturated rings. The van der Waals surface area contributed by atoms with Crippen molar-refractivity contribution in [2.45, 2.75) is 25.6 Å². The van der Waals surface area contributed by atoms with Crippen LogP contribution in [0.15, 0.2) is 24.3 Å². The number of hydrogen-bond donors (Lipinski definition) is 1. The number of rotatable bonds is 6. The highest BCUT2D eigenvalue weighted by Crippen LogP contribution is 2.17. The van der Waals surface area contributed by atoms with Gasteiger partial charge in [-0.1, -0.05) is 18.2 Å². The smallest absolute Gasteiger partial charge is 0.155 e. The van der Waals surface area contributed by atoms with E-state index >= 15 is 0 Å². The van der Waals surface area contributed by atoms with Crippen LogP contribution in [-0.4, -0.2) is 26.0 Å². The molecule has 5 heteroatoms. The molecule has 1 rings (SSSR count). The molecule has 0 bridgehead atoms. The van der Waals surface area contributed by atoms with Crippen LogP contribution in [-0.2, 0) is 16.4 Å². The average molecular weight is 257 g/mol. The van der Waals surface area contributed by atoms with Gasteiger partial charge in [0.25, 0.3) is 0 Å². The van der Waals surface area contributed by atoms with E-state index in [1.807, 2.05) is 18.2 Å². The van der Waals surface area contributed by atoms with Gasteiger partial charge in [-0.25, -0.2) is 8.42 Å². The Morgan fingerprint density at radius 1 is 1.29 bits per heavy atom. The summed E-state index contributed by atoms with van der Waals surface area (Å²) >= 11 is 0. The molecule has 0 saturated carbocycles. The van der Waals surface area contributed by atoms with Gasteiger partial charge in [0.15, 0.2) is 9.84 Å². The highest BCUT2D eigenvalue weighted by molar-refractivity contribution is 7.91. The van der Waals surface area contributed by atoms with Crippen molar-refractivity contribution in [3.05, 3.63) is 29.8 Å². The zero-order valence-corrected chi connectivity index (χ0v) is 11.0. The molecule has 0 aliphatic heterocycles. The third-order valence-electron chi connectivity index (χ3n) is 2.54. The number of benzene rings is 1. The summed E-state index contributed by atoms with van der Waals surface area (Å²) in [5.41, 5.74) is 6.44. The van der Waals surface area contributed by atoms with Crippen LogP contribution in [0.1, 0.15) is 19.4 Å². The van der Waals surface area contributed by atoms with Gasteiger partial charge < -0.3 is 10.5 Å². The summed E-state index contributed by atoms with van der Waals surface area (Å²) in [7, 11) is -3.04. The van der Waals surface area contributed by atoms with Crippen molar-refractivity contribution in [1.29, 1.82) is 0 Å². The molecule has 1 aromatic carbocycles. The SMILES string of the molecule is CC(C)S(=O)(=O)CCOc1ccccc1CN. The molecule has 17 heavy (non-hydrogen) atoms. The molecule has 96 valence electrons. The van der Waals surface area contributed by atoms with E-state index in [4.69, 9.17) is 10.5 Å². The van der Waals surface area contributed by atoms with Gasteiger partial charge in [-0.05, 0) is 19.9 Å². The Morgan fingerprint density at radius 3 is 2.53 bits per heavy atom. The lowest BCUT2D eigenvalue weighted by molar-refractivity contribution is 0.337. The summed E-state index contributed by atoms with van der Waals surface area (Å²) in [5.74, 6) is 0.692. The third-order valence-corrected chi connectivity index (χ3v) is 4.71. The molecular formula is C12H19NO3S. The van der Waals surface area contributed by atoms with Gasteiger partial charge in [0.2, 0.25) is 0 Å². The topological polar surface area (TPSA) is 69.4 Å². The first-order valence-electron chi connectivity index (χ1n) is 5.59. The van der Waals surface area contributed by atoms with Gasteiger partial charge >= 0.3 is 0 Å². The van der Waals surface area contributed by atoms with E-state index in [0.717, 1.165) is 5.56 Å². The first-order valence-corrected chi connectivity index (χ1v) is 7.31. The summed E-state index contributed by atoms with van der Waals surface area (Å²) < 4.78 is 28.6. The Bertz CT molecular complexity index is 455. The van der Waals surface area contributed by atoms with E-state index < -0.39 is 9.84 Å². The van der Waals surface area contributed by atoms with E-state index in [1.165, 1.54) is 0 Å². The first kappa shape index (κ1) is 14.0. The Kier molecular flexibility index (Phi) is 4.96. The molecule has 0 aliphatic rings. The van der Waals surface area contributed by atoms with E-state index in [0.29, 0.717) is 12.3 Å². The Labute approximate surface area is 103 Å². The largest absolute Gasteiger partial charge is 0.492 e. The number of nitrogens with two attached hydrogens (primary N) is 1. The standard InChI is InChI=1S/C12H19NO3S/c1-10(2)17(14,15)8-7-16-12-6-4-3-5-11(12)9-13/h3-6,10H,7-9,13H2,1-2H3. The fraction of sp³-hybridized carbons (Fsp3) is 0.500. The van der Waals surface area contributed by atoms with Gasteiger partial charge in [0.1, 0.15) is 12.4 Å². The highest BCUT2D eigenvalue weighted by Gasteiger charge is 2.16. The van der Waals surface area contributed by atoms with Crippen molar-refractivity contribution in [2.24, 2.45) is 5.73 Å². The summed E-state index contributed by atoms with van der Waals surface area (Å²) in [5, 5.41) is -0.365. The first-order chi connectivity index (χ1) is 7.97. The normalized spacial score (nSPS) is 11.8. The van der Waals surface area contributed by atoms with Crippen LogP contribution in [0.3, 0.4) is 0 Å². The molecule has 0 unspecified atom stereocenters. The van der Waals surface area contributed by atoms with Gasteiger partial charge in [-0.3, -0.25) is 0 Å². The number of sulfone groups is 1. The van der Waals surface area contributed by atoms with Crippen molar-refractivity contribution in [1.82, 2.24) is 0 Å². The molecule has 0 aromatic heterocycles. The van der Waals surface area contributed by atoms with Crippen LogP contribution in [0.5, 0.6) is 5.75 Å². The van der Waals surface area contributed by atoms with E-state index in [2.05, 4.69) is 0 Å². The molecule has 4 nitrogen and oxygen atoms in total. The zero-order valence-electron chi connectivity index (χ0n) is 10.2. The Balaban J connectivity index is 2.57. The molecule has 0 saturated heterocycles. The van der Waals surface area contributed by atoms with Gasteiger partial charge in [-0.15, -0.1) is 0 Å². The van der Waals surface area contributed by atoms with Crippen LogP contribution >= 0.6 is 0 Å². The lowest BCUT2D eigenvalue weighted by Gasteiger charge is -2.11. The predicted octanol–water partition coefficient (Wildman–Crippen LogP) is 1.35. The molecule has 0 heterocycles. The molecule has 2 N–H and O–H groups in total. The van der Waals surface area contributed by atoms with Crippen LogP contribution < -0.4 is 10.5 Å². The molecule has 0 atom stereocenters. The zero-order chi connectivity index (χ0) is 12.9. The summed E-state index contributed by atoms with van der Waals surface area (Å²) in [6.07, 6.45) is 0. The van der Waals surface area contributed by atoms with Crippen LogP contribution in [0, 0.1) is 0 Å². The maximum absolute atomic E-state index is 11.6. The number of hydrogen-bond acceptors (Lipinski definition) is 4. The number of para-hydroxylation sites is 1. The molecule has 1 aromatic rings. The summed E-state index contributed by atoms with van der Waals surface area (Å²) in [4.78, 5) is 0. The quantitative estimate of drug-likeness (QED) is 0.835. The second kappa shape index (κ2) is 6.02. The van der Waals surface area contributed by atoms with Crippen molar-refractivity contribution in [3.63, 3.8) is 0 Å². The molecule has 0 amide bonds. The lowest BCUT2D eigenvalue weighted by atomic mass is 10.2. The molecular weight excluding hydrogens is 238 g/mol. The minimum Gasteiger partial charge on any atom is -0.492 e. The summed E-state index contributed by atoms with van der Waals surface area (Å²) in [6.45, 7) is 3.89. The van der Waals surface area contributed by atoms with Crippen molar-refractivity contribution < 1.29 is 13.2 Å². The van der Waals surface area contributed by atoms with E-state index in [-0.39, 0.29) is 17.6 Å². The highest BCUT2D eigenvalue weighted by atomic mass is 32.2. The van der Waals surface area contributed by atoms with Crippen LogP contribution in [0.4, 0.5) is 0 Å². The maximum Gasteiger partial charge on any atom is 0.155 e. The fourth-order valence-corrected chi connectivity index (χ4v) is 2.10. The Morgan fingerprint density at radius 2 is 1.94 bits per heavy atom. The summed E-state index contributed by atoms with van der Waals surface area (Å²) in [6, 6.07) is 7.38. The van der Waals surface area contributed by atoms with Crippen LogP contribution in [0.2, 0.25) is 0 Å². The molecule has 0 aliphatic carbocycles. The number of ether oxygens (including phenoxy) is 1. The predicted molar refractivity (Wildman–Crippen MR) is 68.8 cm³/mol. The van der Waals surface area contributed by atoms with Crippen molar-refractivity contribution >= 4 is 9.84 Å². The third kappa shape index (κ3) is 4.02. The van der Waals surface area contributed by atoms with Gasteiger partial charge in [0.05, 0.1) is 11.0 Å². The maximum atomic E-state index is 11.6. The minimum atomic E-state index is -3.04. The average Bonchev–Trinajstić information content (AvgIpc) is 2.29.